The smallest absolute Gasteiger partial charge is 0.411 e. The standard InChI is InChI=1S/C12H12BrF3O4/c13-9-3-2-8(11(17)18)6-10(9)20-5-1-4-19-7-12(14,15)16/h2-3,6H,1,4-5,7H2,(H,17,18). The molecule has 4 nitrogen and oxygen atoms in total. The Balaban J connectivity index is 2.35. The summed E-state index contributed by atoms with van der Waals surface area (Å²) in [6, 6.07) is 4.27. The predicted octanol–water partition coefficient (Wildman–Crippen LogP) is 3.50. The number of hydrogen-bond donors (Lipinski definition) is 1. The third kappa shape index (κ3) is 6.25. The van der Waals surface area contributed by atoms with Crippen LogP contribution in [-0.4, -0.2) is 37.1 Å². The van der Waals surface area contributed by atoms with E-state index in [9.17, 15) is 18.0 Å². The highest BCUT2D eigenvalue weighted by Crippen LogP contribution is 2.26. The van der Waals surface area contributed by atoms with E-state index in [4.69, 9.17) is 9.84 Å². The Morgan fingerprint density at radius 1 is 1.30 bits per heavy atom. The molecule has 1 N–H and O–H groups in total. The van der Waals surface area contributed by atoms with E-state index >= 15 is 0 Å². The Labute approximate surface area is 121 Å². The fourth-order valence-corrected chi connectivity index (χ4v) is 1.64. The van der Waals surface area contributed by atoms with Gasteiger partial charge in [0.25, 0.3) is 0 Å². The van der Waals surface area contributed by atoms with Crippen LogP contribution >= 0.6 is 15.9 Å². The molecule has 0 radical (unpaired) electrons. The van der Waals surface area contributed by atoms with Gasteiger partial charge in [0, 0.05) is 6.42 Å². The van der Waals surface area contributed by atoms with Crippen molar-refractivity contribution < 1.29 is 32.5 Å². The molecule has 112 valence electrons. The molecule has 0 aromatic heterocycles. The minimum atomic E-state index is -4.33. The largest absolute Gasteiger partial charge is 0.492 e. The quantitative estimate of drug-likeness (QED) is 0.759. The Hall–Kier alpha value is -1.28. The summed E-state index contributed by atoms with van der Waals surface area (Å²) >= 11 is 3.19. The van der Waals surface area contributed by atoms with Crippen molar-refractivity contribution >= 4 is 21.9 Å². The summed E-state index contributed by atoms with van der Waals surface area (Å²) in [7, 11) is 0. The average Bonchev–Trinajstić information content (AvgIpc) is 2.34. The zero-order valence-electron chi connectivity index (χ0n) is 10.2. The van der Waals surface area contributed by atoms with Crippen molar-refractivity contribution in [1.82, 2.24) is 0 Å². The molecule has 0 aliphatic heterocycles. The number of alkyl halides is 3. The average molecular weight is 357 g/mol. The van der Waals surface area contributed by atoms with Crippen LogP contribution in [0.4, 0.5) is 13.2 Å². The maximum Gasteiger partial charge on any atom is 0.411 e. The molecule has 0 aliphatic carbocycles. The second-order valence-electron chi connectivity index (χ2n) is 3.82. The van der Waals surface area contributed by atoms with Crippen LogP contribution in [0.25, 0.3) is 0 Å². The zero-order valence-corrected chi connectivity index (χ0v) is 11.8. The van der Waals surface area contributed by atoms with Crippen LogP contribution < -0.4 is 4.74 Å². The first-order valence-electron chi connectivity index (χ1n) is 5.60. The van der Waals surface area contributed by atoms with Gasteiger partial charge in [0.1, 0.15) is 12.4 Å². The molecule has 0 bridgehead atoms. The summed E-state index contributed by atoms with van der Waals surface area (Å²) in [5, 5.41) is 8.82. The molecule has 1 rings (SSSR count). The maximum absolute atomic E-state index is 11.8. The Kier molecular flexibility index (Phi) is 6.28. The fraction of sp³-hybridized carbons (Fsp3) is 0.417. The summed E-state index contributed by atoms with van der Waals surface area (Å²) in [5.41, 5.74) is 0.0662. The van der Waals surface area contributed by atoms with Crippen molar-refractivity contribution in [3.63, 3.8) is 0 Å². The lowest BCUT2D eigenvalue weighted by Gasteiger charge is -2.10. The van der Waals surface area contributed by atoms with Crippen molar-refractivity contribution in [2.24, 2.45) is 0 Å². The maximum atomic E-state index is 11.8. The van der Waals surface area contributed by atoms with Gasteiger partial charge in [0.2, 0.25) is 0 Å². The van der Waals surface area contributed by atoms with Gasteiger partial charge < -0.3 is 14.6 Å². The van der Waals surface area contributed by atoms with Crippen LogP contribution in [0.5, 0.6) is 5.75 Å². The van der Waals surface area contributed by atoms with E-state index in [0.29, 0.717) is 10.2 Å². The molecular weight excluding hydrogens is 345 g/mol. The monoisotopic (exact) mass is 356 g/mol. The summed E-state index contributed by atoms with van der Waals surface area (Å²) in [5.74, 6) is -0.767. The van der Waals surface area contributed by atoms with Crippen LogP contribution in [0, 0.1) is 0 Å². The first-order chi connectivity index (χ1) is 9.29. The van der Waals surface area contributed by atoms with E-state index in [1.165, 1.54) is 18.2 Å². The number of rotatable bonds is 7. The van der Waals surface area contributed by atoms with E-state index in [-0.39, 0.29) is 25.2 Å². The Morgan fingerprint density at radius 2 is 2.00 bits per heavy atom. The second kappa shape index (κ2) is 7.49. The molecule has 20 heavy (non-hydrogen) atoms. The van der Waals surface area contributed by atoms with E-state index in [2.05, 4.69) is 20.7 Å². The van der Waals surface area contributed by atoms with Gasteiger partial charge in [-0.3, -0.25) is 0 Å². The van der Waals surface area contributed by atoms with Gasteiger partial charge in [-0.1, -0.05) is 0 Å². The molecule has 0 fully saturated rings. The highest BCUT2D eigenvalue weighted by molar-refractivity contribution is 9.10. The molecule has 0 amide bonds. The highest BCUT2D eigenvalue weighted by atomic mass is 79.9. The van der Waals surface area contributed by atoms with Gasteiger partial charge in [-0.05, 0) is 34.1 Å². The van der Waals surface area contributed by atoms with Gasteiger partial charge >= 0.3 is 12.1 Å². The number of halogens is 4. The summed E-state index contributed by atoms with van der Waals surface area (Å²) in [6.07, 6.45) is -4.07. The molecule has 8 heteroatoms. The molecule has 1 aromatic rings. The Bertz CT molecular complexity index is 463. The normalized spacial score (nSPS) is 11.4. The molecule has 0 heterocycles. The van der Waals surface area contributed by atoms with Crippen LogP contribution in [0.3, 0.4) is 0 Å². The molecule has 0 spiro atoms. The summed E-state index contributed by atoms with van der Waals surface area (Å²) in [6.45, 7) is -1.25. The van der Waals surface area contributed by atoms with Gasteiger partial charge in [-0.2, -0.15) is 13.2 Å². The van der Waals surface area contributed by atoms with Crippen molar-refractivity contribution in [2.45, 2.75) is 12.6 Å². The number of aromatic carboxylic acids is 1. The third-order valence-corrected chi connectivity index (χ3v) is 2.79. The van der Waals surface area contributed by atoms with E-state index in [1.807, 2.05) is 0 Å². The number of benzene rings is 1. The van der Waals surface area contributed by atoms with Crippen molar-refractivity contribution in [3.05, 3.63) is 28.2 Å². The minimum Gasteiger partial charge on any atom is -0.492 e. The minimum absolute atomic E-state index is 0.0662. The van der Waals surface area contributed by atoms with Gasteiger partial charge in [-0.15, -0.1) is 0 Å². The van der Waals surface area contributed by atoms with Crippen molar-refractivity contribution in [1.29, 1.82) is 0 Å². The third-order valence-electron chi connectivity index (χ3n) is 2.13. The number of carboxylic acid groups (broad SMARTS) is 1. The predicted molar refractivity (Wildman–Crippen MR) is 68.1 cm³/mol. The number of hydrogen-bond acceptors (Lipinski definition) is 3. The van der Waals surface area contributed by atoms with Crippen LogP contribution in [-0.2, 0) is 4.74 Å². The van der Waals surface area contributed by atoms with Crippen LogP contribution in [0.1, 0.15) is 16.8 Å². The lowest BCUT2D eigenvalue weighted by molar-refractivity contribution is -0.174. The SMILES string of the molecule is O=C(O)c1ccc(Br)c(OCCCOCC(F)(F)F)c1. The molecule has 0 saturated heterocycles. The summed E-state index contributed by atoms with van der Waals surface area (Å²) in [4.78, 5) is 10.8. The summed E-state index contributed by atoms with van der Waals surface area (Å²) < 4.78 is 45.6. The van der Waals surface area contributed by atoms with Crippen LogP contribution in [0.15, 0.2) is 22.7 Å². The van der Waals surface area contributed by atoms with Crippen molar-refractivity contribution in [3.8, 4) is 5.75 Å². The fourth-order valence-electron chi connectivity index (χ4n) is 1.28. The first kappa shape index (κ1) is 16.8. The number of carbonyl (C=O) groups is 1. The molecule has 0 saturated carbocycles. The topological polar surface area (TPSA) is 55.8 Å². The number of ether oxygens (including phenoxy) is 2. The van der Waals surface area contributed by atoms with Gasteiger partial charge in [0.15, 0.2) is 0 Å². The zero-order chi connectivity index (χ0) is 15.2. The Morgan fingerprint density at radius 3 is 2.60 bits per heavy atom. The van der Waals surface area contributed by atoms with Crippen LogP contribution in [0.2, 0.25) is 0 Å². The van der Waals surface area contributed by atoms with Crippen molar-refractivity contribution in [2.75, 3.05) is 19.8 Å². The first-order valence-corrected chi connectivity index (χ1v) is 6.39. The second-order valence-corrected chi connectivity index (χ2v) is 4.67. The van der Waals surface area contributed by atoms with E-state index < -0.39 is 18.8 Å². The number of carboxylic acids is 1. The van der Waals surface area contributed by atoms with E-state index in [0.717, 1.165) is 0 Å². The van der Waals surface area contributed by atoms with E-state index in [1.54, 1.807) is 0 Å². The molecule has 1 aromatic carbocycles. The van der Waals surface area contributed by atoms with Gasteiger partial charge in [0.05, 0.1) is 23.2 Å². The molecule has 0 atom stereocenters. The lowest BCUT2D eigenvalue weighted by Crippen LogP contribution is -2.18. The molecule has 0 aliphatic rings. The molecular formula is C12H12BrF3O4. The highest BCUT2D eigenvalue weighted by Gasteiger charge is 2.27. The lowest BCUT2D eigenvalue weighted by atomic mass is 10.2. The molecule has 0 unspecified atom stereocenters. The van der Waals surface area contributed by atoms with Gasteiger partial charge in [-0.25, -0.2) is 4.79 Å².